The van der Waals surface area contributed by atoms with Gasteiger partial charge in [-0.3, -0.25) is 14.1 Å². The summed E-state index contributed by atoms with van der Waals surface area (Å²) in [5.74, 6) is -1.71. The maximum atomic E-state index is 11.9. The molecule has 0 aromatic rings. The van der Waals surface area contributed by atoms with Crippen molar-refractivity contribution < 1.29 is 32.0 Å². The molecule has 1 unspecified atom stereocenters. The molecule has 0 bridgehead atoms. The van der Waals surface area contributed by atoms with Gasteiger partial charge in [0.05, 0.1) is 11.8 Å². The van der Waals surface area contributed by atoms with Gasteiger partial charge in [0.2, 0.25) is 0 Å². The van der Waals surface area contributed by atoms with Gasteiger partial charge in [0.1, 0.15) is 18.5 Å². The molecular formula is C13H24O7S. The fourth-order valence-corrected chi connectivity index (χ4v) is 1.52. The minimum absolute atomic E-state index is 0.145. The van der Waals surface area contributed by atoms with E-state index in [1.54, 1.807) is 20.8 Å². The summed E-state index contributed by atoms with van der Waals surface area (Å²) in [6.07, 6.45) is 0.301. The average molecular weight is 324 g/mol. The highest BCUT2D eigenvalue weighted by Gasteiger charge is 2.30. The van der Waals surface area contributed by atoms with Crippen LogP contribution in [-0.2, 0) is 29.2 Å². The van der Waals surface area contributed by atoms with E-state index in [0.29, 0.717) is 12.8 Å². The zero-order valence-electron chi connectivity index (χ0n) is 12.9. The van der Waals surface area contributed by atoms with Crippen LogP contribution in [0.5, 0.6) is 0 Å². The lowest BCUT2D eigenvalue weighted by Gasteiger charge is -2.24. The summed E-state index contributed by atoms with van der Waals surface area (Å²) in [5, 5.41) is 0. The second-order valence-corrected chi connectivity index (χ2v) is 6.96. The van der Waals surface area contributed by atoms with Crippen molar-refractivity contribution in [1.82, 2.24) is 0 Å². The second kappa shape index (κ2) is 8.33. The predicted octanol–water partition coefficient (Wildman–Crippen LogP) is 1.57. The van der Waals surface area contributed by atoms with Crippen LogP contribution in [0.25, 0.3) is 0 Å². The van der Waals surface area contributed by atoms with Crippen LogP contribution in [0.1, 0.15) is 47.0 Å². The van der Waals surface area contributed by atoms with E-state index in [1.807, 2.05) is 6.92 Å². The van der Waals surface area contributed by atoms with E-state index in [2.05, 4.69) is 4.74 Å². The van der Waals surface area contributed by atoms with E-state index in [-0.39, 0.29) is 12.4 Å². The molecule has 0 saturated carbocycles. The Hall–Kier alpha value is -1.15. The van der Waals surface area contributed by atoms with Gasteiger partial charge in [0.15, 0.2) is 0 Å². The molecule has 0 fully saturated rings. The minimum atomic E-state index is -4.16. The Balaban J connectivity index is 4.32. The molecule has 0 heterocycles. The number of hydrogen-bond donors (Lipinski definition) is 1. The van der Waals surface area contributed by atoms with Gasteiger partial charge in [0.25, 0.3) is 10.1 Å². The van der Waals surface area contributed by atoms with Crippen molar-refractivity contribution in [2.75, 3.05) is 12.4 Å². The summed E-state index contributed by atoms with van der Waals surface area (Å²) in [4.78, 5) is 23.4. The molecule has 1 atom stereocenters. The van der Waals surface area contributed by atoms with Gasteiger partial charge in [-0.25, -0.2) is 0 Å². The highest BCUT2D eigenvalue weighted by atomic mass is 32.2. The highest BCUT2D eigenvalue weighted by Crippen LogP contribution is 2.23. The highest BCUT2D eigenvalue weighted by molar-refractivity contribution is 7.85. The van der Waals surface area contributed by atoms with Crippen LogP contribution in [0.4, 0.5) is 0 Å². The number of rotatable bonds is 9. The van der Waals surface area contributed by atoms with E-state index in [4.69, 9.17) is 9.29 Å². The molecule has 0 aromatic carbocycles. The molecule has 7 nitrogen and oxygen atoms in total. The van der Waals surface area contributed by atoms with Gasteiger partial charge in [-0.05, 0) is 26.7 Å². The van der Waals surface area contributed by atoms with Crippen molar-refractivity contribution in [1.29, 1.82) is 0 Å². The molecule has 0 aromatic heterocycles. The quantitative estimate of drug-likeness (QED) is 0.506. The Morgan fingerprint density at radius 3 is 2.24 bits per heavy atom. The lowest BCUT2D eigenvalue weighted by molar-refractivity contribution is -0.163. The molecule has 0 radical (unpaired) electrons. The summed E-state index contributed by atoms with van der Waals surface area (Å²) in [7, 11) is -4.16. The van der Waals surface area contributed by atoms with Crippen molar-refractivity contribution >= 4 is 22.1 Å². The van der Waals surface area contributed by atoms with Crippen LogP contribution < -0.4 is 0 Å². The first-order chi connectivity index (χ1) is 9.51. The Morgan fingerprint density at radius 2 is 1.81 bits per heavy atom. The molecular weight excluding hydrogens is 300 g/mol. The summed E-state index contributed by atoms with van der Waals surface area (Å²) in [6, 6.07) is 0. The third kappa shape index (κ3) is 8.67. The van der Waals surface area contributed by atoms with Gasteiger partial charge in [0, 0.05) is 0 Å². The molecule has 8 heteroatoms. The average Bonchev–Trinajstić information content (AvgIpc) is 2.36. The van der Waals surface area contributed by atoms with Gasteiger partial charge < -0.3 is 9.47 Å². The number of carbonyl (C=O) groups is 2. The van der Waals surface area contributed by atoms with E-state index < -0.39 is 40.0 Å². The summed E-state index contributed by atoms with van der Waals surface area (Å²) in [6.45, 7) is 6.72. The molecule has 0 rings (SSSR count). The Labute approximate surface area is 125 Å². The number of carbonyl (C=O) groups excluding carboxylic acids is 2. The molecule has 0 aliphatic carbocycles. The van der Waals surface area contributed by atoms with E-state index in [0.717, 1.165) is 0 Å². The first-order valence-corrected chi connectivity index (χ1v) is 8.44. The van der Waals surface area contributed by atoms with Crippen LogP contribution in [-0.4, -0.2) is 43.4 Å². The molecule has 0 saturated heterocycles. The van der Waals surface area contributed by atoms with E-state index in [1.165, 1.54) is 0 Å². The molecule has 0 spiro atoms. The van der Waals surface area contributed by atoms with Gasteiger partial charge in [-0.1, -0.05) is 13.8 Å². The van der Waals surface area contributed by atoms with Crippen LogP contribution in [0.3, 0.4) is 0 Å². The second-order valence-electron chi connectivity index (χ2n) is 5.38. The van der Waals surface area contributed by atoms with E-state index >= 15 is 0 Å². The first-order valence-electron chi connectivity index (χ1n) is 6.83. The summed E-state index contributed by atoms with van der Waals surface area (Å²) >= 11 is 0. The fraction of sp³-hybridized carbons (Fsp3) is 0.846. The van der Waals surface area contributed by atoms with Gasteiger partial charge >= 0.3 is 11.9 Å². The molecule has 0 amide bonds. The SMILES string of the molecule is CCC(CC(=O)OCCS(=O)(=O)O)OC(=O)C(C)(C)CC. The number of hydrogen-bond acceptors (Lipinski definition) is 6. The standard InChI is InChI=1S/C13H24O7S/c1-5-10(20-12(15)13(3,4)6-2)9-11(14)19-7-8-21(16,17)18/h10H,5-9H2,1-4H3,(H,16,17,18). The van der Waals surface area contributed by atoms with Crippen molar-refractivity contribution in [2.45, 2.75) is 53.1 Å². The van der Waals surface area contributed by atoms with Crippen molar-refractivity contribution in [3.8, 4) is 0 Å². The largest absolute Gasteiger partial charge is 0.464 e. The summed E-state index contributed by atoms with van der Waals surface area (Å²) in [5.41, 5.74) is -0.623. The van der Waals surface area contributed by atoms with Crippen molar-refractivity contribution in [2.24, 2.45) is 5.41 Å². The molecule has 0 aliphatic heterocycles. The predicted molar refractivity (Wildman–Crippen MR) is 76.2 cm³/mol. The topological polar surface area (TPSA) is 107 Å². The van der Waals surface area contributed by atoms with E-state index in [9.17, 15) is 18.0 Å². The van der Waals surface area contributed by atoms with Crippen molar-refractivity contribution in [3.05, 3.63) is 0 Å². The lowest BCUT2D eigenvalue weighted by Crippen LogP contribution is -2.31. The zero-order chi connectivity index (χ0) is 16.7. The molecule has 0 aliphatic rings. The van der Waals surface area contributed by atoms with Gasteiger partial charge in [-0.2, -0.15) is 8.42 Å². The Bertz CT molecular complexity index is 453. The molecule has 124 valence electrons. The normalized spacial score (nSPS) is 13.6. The van der Waals surface area contributed by atoms with Crippen LogP contribution >= 0.6 is 0 Å². The van der Waals surface area contributed by atoms with Crippen LogP contribution in [0.15, 0.2) is 0 Å². The van der Waals surface area contributed by atoms with Crippen LogP contribution in [0.2, 0.25) is 0 Å². The first kappa shape index (κ1) is 19.9. The third-order valence-electron chi connectivity index (χ3n) is 3.16. The lowest BCUT2D eigenvalue weighted by atomic mass is 9.90. The third-order valence-corrected chi connectivity index (χ3v) is 3.85. The fourth-order valence-electron chi connectivity index (χ4n) is 1.23. The summed E-state index contributed by atoms with van der Waals surface area (Å²) < 4.78 is 39.4. The monoisotopic (exact) mass is 324 g/mol. The zero-order valence-corrected chi connectivity index (χ0v) is 13.7. The minimum Gasteiger partial charge on any atom is -0.464 e. The van der Waals surface area contributed by atoms with Crippen LogP contribution in [0, 0.1) is 5.41 Å². The maximum Gasteiger partial charge on any atom is 0.311 e. The number of ether oxygens (including phenoxy) is 2. The maximum absolute atomic E-state index is 11.9. The Morgan fingerprint density at radius 1 is 1.24 bits per heavy atom. The van der Waals surface area contributed by atoms with Gasteiger partial charge in [-0.15, -0.1) is 0 Å². The number of esters is 2. The van der Waals surface area contributed by atoms with Crippen molar-refractivity contribution in [3.63, 3.8) is 0 Å². The smallest absolute Gasteiger partial charge is 0.311 e. The molecule has 1 N–H and O–H groups in total. The molecule has 21 heavy (non-hydrogen) atoms. The Kier molecular flexibility index (Phi) is 7.87.